The van der Waals surface area contributed by atoms with Crippen molar-refractivity contribution >= 4 is 17.1 Å². The Morgan fingerprint density at radius 1 is 1.13 bits per heavy atom. The minimum absolute atomic E-state index is 0.196. The largest absolute Gasteiger partial charge is 0.478 e. The van der Waals surface area contributed by atoms with Crippen LogP contribution in [0.5, 0.6) is 0 Å². The Labute approximate surface area is 130 Å². The van der Waals surface area contributed by atoms with Crippen LogP contribution in [0.25, 0.3) is 28.2 Å². The van der Waals surface area contributed by atoms with Gasteiger partial charge in [0.2, 0.25) is 5.89 Å². The number of rotatable bonds is 3. The number of hydrogen-bond donors (Lipinski definition) is 1. The van der Waals surface area contributed by atoms with Gasteiger partial charge >= 0.3 is 5.97 Å². The van der Waals surface area contributed by atoms with Crippen molar-refractivity contribution in [1.29, 1.82) is 0 Å². The predicted molar refractivity (Wildman–Crippen MR) is 83.5 cm³/mol. The van der Waals surface area contributed by atoms with Crippen LogP contribution >= 0.6 is 0 Å². The van der Waals surface area contributed by atoms with Crippen LogP contribution in [0.1, 0.15) is 10.4 Å². The van der Waals surface area contributed by atoms with Crippen LogP contribution in [0.15, 0.2) is 65.3 Å². The third-order valence-electron chi connectivity index (χ3n) is 3.50. The molecule has 2 aromatic heterocycles. The van der Waals surface area contributed by atoms with Crippen molar-refractivity contribution in [3.63, 3.8) is 0 Å². The summed E-state index contributed by atoms with van der Waals surface area (Å²) < 4.78 is 7.46. The van der Waals surface area contributed by atoms with Crippen LogP contribution in [0.2, 0.25) is 0 Å². The fourth-order valence-electron chi connectivity index (χ4n) is 2.39. The second-order valence-corrected chi connectivity index (χ2v) is 5.01. The summed E-state index contributed by atoms with van der Waals surface area (Å²) in [6.45, 7) is 0. The highest BCUT2D eigenvalue weighted by Gasteiger charge is 2.11. The summed E-state index contributed by atoms with van der Waals surface area (Å²) in [5.74, 6) is -0.593. The molecule has 6 nitrogen and oxygen atoms in total. The van der Waals surface area contributed by atoms with E-state index in [1.54, 1.807) is 29.1 Å². The van der Waals surface area contributed by atoms with Gasteiger partial charge in [0.1, 0.15) is 5.52 Å². The molecule has 0 saturated heterocycles. The molecule has 0 saturated carbocycles. The summed E-state index contributed by atoms with van der Waals surface area (Å²) in [6, 6.07) is 13.9. The molecule has 1 N–H and O–H groups in total. The minimum Gasteiger partial charge on any atom is -0.478 e. The van der Waals surface area contributed by atoms with Gasteiger partial charge in [-0.15, -0.1) is 0 Å². The summed E-state index contributed by atoms with van der Waals surface area (Å²) >= 11 is 0. The normalized spacial score (nSPS) is 11.0. The molecule has 0 aliphatic carbocycles. The lowest BCUT2D eigenvalue weighted by Crippen LogP contribution is -1.95. The van der Waals surface area contributed by atoms with E-state index in [4.69, 9.17) is 9.52 Å². The average molecular weight is 305 g/mol. The van der Waals surface area contributed by atoms with Crippen molar-refractivity contribution in [3.8, 4) is 17.1 Å². The molecule has 0 radical (unpaired) electrons. The lowest BCUT2D eigenvalue weighted by atomic mass is 10.1. The Morgan fingerprint density at radius 3 is 2.83 bits per heavy atom. The fraction of sp³-hybridized carbons (Fsp3) is 0. The predicted octanol–water partition coefficient (Wildman–Crippen LogP) is 3.38. The lowest BCUT2D eigenvalue weighted by Gasteiger charge is -1.99. The van der Waals surface area contributed by atoms with Crippen LogP contribution in [-0.2, 0) is 0 Å². The molecule has 112 valence electrons. The molecule has 0 bridgehead atoms. The van der Waals surface area contributed by atoms with Crippen LogP contribution in [0.4, 0.5) is 0 Å². The van der Waals surface area contributed by atoms with Gasteiger partial charge in [0.25, 0.3) is 0 Å². The molecule has 2 heterocycles. The number of hydrogen-bond acceptors (Lipinski definition) is 4. The van der Waals surface area contributed by atoms with Gasteiger partial charge in [-0.25, -0.2) is 14.5 Å². The Kier molecular flexibility index (Phi) is 2.94. The first kappa shape index (κ1) is 13.3. The van der Waals surface area contributed by atoms with Crippen molar-refractivity contribution < 1.29 is 14.3 Å². The van der Waals surface area contributed by atoms with E-state index in [9.17, 15) is 4.79 Å². The monoisotopic (exact) mass is 305 g/mol. The average Bonchev–Trinajstić information content (AvgIpc) is 3.23. The van der Waals surface area contributed by atoms with Gasteiger partial charge in [-0.1, -0.05) is 6.07 Å². The number of carboxylic acid groups (broad SMARTS) is 1. The van der Waals surface area contributed by atoms with Crippen molar-refractivity contribution in [2.75, 3.05) is 0 Å². The molecule has 0 amide bonds. The summed E-state index contributed by atoms with van der Waals surface area (Å²) in [4.78, 5) is 15.5. The van der Waals surface area contributed by atoms with E-state index >= 15 is 0 Å². The highest BCUT2D eigenvalue weighted by molar-refractivity contribution is 5.89. The van der Waals surface area contributed by atoms with Gasteiger partial charge in [-0.05, 0) is 42.5 Å². The summed E-state index contributed by atoms with van der Waals surface area (Å²) in [7, 11) is 0. The fourth-order valence-corrected chi connectivity index (χ4v) is 2.39. The summed E-state index contributed by atoms with van der Waals surface area (Å²) in [5.41, 5.74) is 3.02. The summed E-state index contributed by atoms with van der Waals surface area (Å²) in [5, 5.41) is 13.3. The van der Waals surface area contributed by atoms with E-state index in [1.807, 2.05) is 30.5 Å². The number of aromatic nitrogens is 3. The maximum Gasteiger partial charge on any atom is 0.335 e. The van der Waals surface area contributed by atoms with Crippen LogP contribution in [-0.4, -0.2) is 25.8 Å². The van der Waals surface area contributed by atoms with Crippen molar-refractivity contribution in [1.82, 2.24) is 14.8 Å². The highest BCUT2D eigenvalue weighted by atomic mass is 16.4. The Morgan fingerprint density at radius 2 is 2.04 bits per heavy atom. The first-order chi connectivity index (χ1) is 11.2. The summed E-state index contributed by atoms with van der Waals surface area (Å²) in [6.07, 6.45) is 3.55. The molecule has 0 fully saturated rings. The topological polar surface area (TPSA) is 81.1 Å². The molecule has 0 aliphatic rings. The molecule has 23 heavy (non-hydrogen) atoms. The maximum atomic E-state index is 11.1. The van der Waals surface area contributed by atoms with Gasteiger partial charge in [-0.2, -0.15) is 5.10 Å². The third kappa shape index (κ3) is 2.36. The lowest BCUT2D eigenvalue weighted by molar-refractivity contribution is 0.0697. The van der Waals surface area contributed by atoms with Gasteiger partial charge in [0, 0.05) is 18.0 Å². The number of carboxylic acids is 1. The molecule has 0 atom stereocenters. The van der Waals surface area contributed by atoms with E-state index in [2.05, 4.69) is 10.1 Å². The number of carbonyl (C=O) groups is 1. The van der Waals surface area contributed by atoms with E-state index in [0.29, 0.717) is 22.6 Å². The van der Waals surface area contributed by atoms with E-state index < -0.39 is 5.97 Å². The number of nitrogens with zero attached hydrogens (tertiary/aromatic N) is 3. The standard InChI is InChI=1S/C17H11N3O3/c21-17(22)12-4-1-3-11(9-12)16-19-14-10-13(5-6-15(14)23-16)20-8-2-7-18-20/h1-10H,(H,21,22). The second kappa shape index (κ2) is 5.10. The van der Waals surface area contributed by atoms with Crippen LogP contribution in [0, 0.1) is 0 Å². The van der Waals surface area contributed by atoms with Crippen molar-refractivity contribution in [3.05, 3.63) is 66.5 Å². The van der Waals surface area contributed by atoms with Crippen LogP contribution in [0.3, 0.4) is 0 Å². The van der Waals surface area contributed by atoms with Gasteiger partial charge in [-0.3, -0.25) is 0 Å². The SMILES string of the molecule is O=C(O)c1cccc(-c2nc3cc(-n4cccn4)ccc3o2)c1. The van der Waals surface area contributed by atoms with Crippen molar-refractivity contribution in [2.24, 2.45) is 0 Å². The quantitative estimate of drug-likeness (QED) is 0.627. The smallest absolute Gasteiger partial charge is 0.335 e. The second-order valence-electron chi connectivity index (χ2n) is 5.01. The zero-order valence-corrected chi connectivity index (χ0v) is 11.9. The van der Waals surface area contributed by atoms with Gasteiger partial charge in [0.15, 0.2) is 5.58 Å². The number of oxazole rings is 1. The van der Waals surface area contributed by atoms with E-state index in [-0.39, 0.29) is 5.56 Å². The zero-order chi connectivity index (χ0) is 15.8. The van der Waals surface area contributed by atoms with Gasteiger partial charge < -0.3 is 9.52 Å². The van der Waals surface area contributed by atoms with E-state index in [1.165, 1.54) is 6.07 Å². The van der Waals surface area contributed by atoms with E-state index in [0.717, 1.165) is 5.69 Å². The highest BCUT2D eigenvalue weighted by Crippen LogP contribution is 2.26. The van der Waals surface area contributed by atoms with Crippen LogP contribution < -0.4 is 0 Å². The maximum absolute atomic E-state index is 11.1. The van der Waals surface area contributed by atoms with Gasteiger partial charge in [0.05, 0.1) is 11.3 Å². The molecule has 6 heteroatoms. The molecule has 4 rings (SSSR count). The molecular formula is C17H11N3O3. The first-order valence-electron chi connectivity index (χ1n) is 6.95. The first-order valence-corrected chi connectivity index (χ1v) is 6.95. The Bertz CT molecular complexity index is 1000. The molecular weight excluding hydrogens is 294 g/mol. The third-order valence-corrected chi connectivity index (χ3v) is 3.50. The molecule has 4 aromatic rings. The molecule has 0 spiro atoms. The molecule has 2 aromatic carbocycles. The van der Waals surface area contributed by atoms with Crippen molar-refractivity contribution in [2.45, 2.75) is 0 Å². The Hall–Kier alpha value is -3.41. The zero-order valence-electron chi connectivity index (χ0n) is 11.9. The molecule has 0 unspecified atom stereocenters. The number of benzene rings is 2. The minimum atomic E-state index is -0.982. The number of fused-ring (bicyclic) bond motifs is 1. The molecule has 0 aliphatic heterocycles. The number of aromatic carboxylic acids is 1. The Balaban J connectivity index is 1.80.